The minimum Gasteiger partial charge on any atom is -0.480 e. The van der Waals surface area contributed by atoms with Gasteiger partial charge in [0.15, 0.2) is 0 Å². The second-order valence-corrected chi connectivity index (χ2v) is 5.17. The number of carbonyl (C=O) groups is 2. The predicted molar refractivity (Wildman–Crippen MR) is 73.4 cm³/mol. The predicted octanol–water partition coefficient (Wildman–Crippen LogP) is 1.14. The highest BCUT2D eigenvalue weighted by Crippen LogP contribution is 2.39. The van der Waals surface area contributed by atoms with Crippen molar-refractivity contribution in [2.24, 2.45) is 0 Å². The average molecular weight is 291 g/mol. The van der Waals surface area contributed by atoms with Crippen LogP contribution in [0.3, 0.4) is 0 Å². The van der Waals surface area contributed by atoms with E-state index in [4.69, 9.17) is 0 Å². The molecule has 2 aliphatic rings. The van der Waals surface area contributed by atoms with Gasteiger partial charge < -0.3 is 15.3 Å². The summed E-state index contributed by atoms with van der Waals surface area (Å²) in [7, 11) is 0. The summed E-state index contributed by atoms with van der Waals surface area (Å²) >= 11 is 0. The molecule has 1 fully saturated rings. The third kappa shape index (κ3) is 2.18. The Labute approximate surface area is 119 Å². The highest BCUT2D eigenvalue weighted by molar-refractivity contribution is 6.00. The van der Waals surface area contributed by atoms with E-state index in [-0.39, 0.29) is 23.7 Å². The maximum Gasteiger partial charge on any atom is 0.326 e. The molecule has 2 N–H and O–H groups in total. The lowest BCUT2D eigenvalue weighted by atomic mass is 10.1. The number of aliphatic carboxylic acids is 1. The third-order valence-corrected chi connectivity index (χ3v) is 3.87. The molecule has 1 amide bonds. The Balaban J connectivity index is 2.09. The van der Waals surface area contributed by atoms with E-state index in [0.717, 1.165) is 0 Å². The minimum atomic E-state index is -0.994. The summed E-state index contributed by atoms with van der Waals surface area (Å²) in [6.45, 7) is 0.449. The number of amides is 1. The lowest BCUT2D eigenvalue weighted by Gasteiger charge is -2.23. The zero-order chi connectivity index (χ0) is 15.1. The third-order valence-electron chi connectivity index (χ3n) is 3.87. The van der Waals surface area contributed by atoms with Crippen molar-refractivity contribution in [1.82, 2.24) is 0 Å². The van der Waals surface area contributed by atoms with Gasteiger partial charge in [-0.3, -0.25) is 14.9 Å². The van der Waals surface area contributed by atoms with E-state index in [0.29, 0.717) is 30.6 Å². The number of benzene rings is 1. The van der Waals surface area contributed by atoms with Crippen molar-refractivity contribution < 1.29 is 19.6 Å². The fourth-order valence-electron chi connectivity index (χ4n) is 2.94. The Hall–Kier alpha value is -2.64. The molecule has 3 rings (SSSR count). The maximum absolute atomic E-state index is 11.4. The molecular formula is C13H13N3O5. The van der Waals surface area contributed by atoms with Gasteiger partial charge in [0.05, 0.1) is 11.3 Å². The molecule has 0 aliphatic carbocycles. The number of rotatable bonds is 3. The second kappa shape index (κ2) is 4.72. The van der Waals surface area contributed by atoms with E-state index in [1.165, 1.54) is 17.0 Å². The first-order valence-electron chi connectivity index (χ1n) is 6.58. The number of nitrogens with one attached hydrogen (secondary N) is 1. The molecule has 0 radical (unpaired) electrons. The van der Waals surface area contributed by atoms with Crippen LogP contribution in [0.4, 0.5) is 17.1 Å². The summed E-state index contributed by atoms with van der Waals surface area (Å²) in [5.74, 6) is -1.21. The van der Waals surface area contributed by atoms with Crippen LogP contribution in [-0.2, 0) is 16.0 Å². The molecule has 8 heteroatoms. The number of carbonyl (C=O) groups excluding carboxylic acids is 1. The van der Waals surface area contributed by atoms with Crippen molar-refractivity contribution in [2.75, 3.05) is 16.8 Å². The van der Waals surface area contributed by atoms with Crippen LogP contribution in [0.5, 0.6) is 0 Å². The number of hydrogen-bond acceptors (Lipinski definition) is 5. The minimum absolute atomic E-state index is 0.110. The van der Waals surface area contributed by atoms with Crippen LogP contribution in [0.2, 0.25) is 0 Å². The Morgan fingerprint density at radius 2 is 2.24 bits per heavy atom. The Bertz CT molecular complexity index is 657. The van der Waals surface area contributed by atoms with Gasteiger partial charge in [0.2, 0.25) is 5.91 Å². The zero-order valence-electron chi connectivity index (χ0n) is 11.0. The van der Waals surface area contributed by atoms with Crippen LogP contribution in [0.15, 0.2) is 12.1 Å². The fraction of sp³-hybridized carbons (Fsp3) is 0.385. The highest BCUT2D eigenvalue weighted by atomic mass is 16.6. The summed E-state index contributed by atoms with van der Waals surface area (Å²) in [6.07, 6.45) is 1.23. The zero-order valence-corrected chi connectivity index (χ0v) is 11.0. The molecule has 8 nitrogen and oxygen atoms in total. The molecule has 110 valence electrons. The number of carboxylic acids is 1. The van der Waals surface area contributed by atoms with Gasteiger partial charge in [0.25, 0.3) is 5.69 Å². The van der Waals surface area contributed by atoms with Crippen molar-refractivity contribution in [3.05, 3.63) is 27.8 Å². The molecule has 21 heavy (non-hydrogen) atoms. The number of hydrogen-bond donors (Lipinski definition) is 2. The van der Waals surface area contributed by atoms with E-state index in [2.05, 4.69) is 5.32 Å². The number of anilines is 2. The van der Waals surface area contributed by atoms with Crippen molar-refractivity contribution in [2.45, 2.75) is 25.3 Å². The Kier molecular flexibility index (Phi) is 3.00. The molecule has 0 saturated carbocycles. The van der Waals surface area contributed by atoms with Crippen molar-refractivity contribution in [1.29, 1.82) is 0 Å². The molecule has 1 aromatic rings. The van der Waals surface area contributed by atoms with Gasteiger partial charge in [-0.25, -0.2) is 4.79 Å². The quantitative estimate of drug-likeness (QED) is 0.638. The van der Waals surface area contributed by atoms with Crippen LogP contribution in [0.25, 0.3) is 0 Å². The molecule has 0 spiro atoms. The molecule has 1 unspecified atom stereocenters. The normalized spacial score (nSPS) is 20.3. The van der Waals surface area contributed by atoms with Crippen LogP contribution < -0.4 is 10.2 Å². The topological polar surface area (TPSA) is 113 Å². The van der Waals surface area contributed by atoms with E-state index < -0.39 is 16.9 Å². The van der Waals surface area contributed by atoms with Gasteiger partial charge in [-0.1, -0.05) is 0 Å². The lowest BCUT2D eigenvalue weighted by Crippen LogP contribution is -2.36. The molecule has 2 aliphatic heterocycles. The standard InChI is InChI=1S/C13H13N3O5/c17-12-5-7-4-11(16(20)21)10(6-8(7)14-12)15-3-1-2-9(15)13(18)19/h4,6,9H,1-3,5H2,(H,14,17)(H,18,19). The number of carboxylic acid groups (broad SMARTS) is 1. The van der Waals surface area contributed by atoms with Crippen LogP contribution in [0, 0.1) is 10.1 Å². The van der Waals surface area contributed by atoms with Crippen LogP contribution >= 0.6 is 0 Å². The molecule has 0 bridgehead atoms. The largest absolute Gasteiger partial charge is 0.480 e. The summed E-state index contributed by atoms with van der Waals surface area (Å²) in [6, 6.07) is 2.11. The van der Waals surface area contributed by atoms with Gasteiger partial charge in [0, 0.05) is 18.3 Å². The molecule has 2 heterocycles. The molecule has 1 saturated heterocycles. The summed E-state index contributed by atoms with van der Waals surface area (Å²) in [4.78, 5) is 34.9. The number of nitro benzene ring substituents is 1. The molecular weight excluding hydrogens is 278 g/mol. The number of fused-ring (bicyclic) bond motifs is 1. The number of nitrogens with zero attached hydrogens (tertiary/aromatic N) is 2. The highest BCUT2D eigenvalue weighted by Gasteiger charge is 2.36. The van der Waals surface area contributed by atoms with Crippen molar-refractivity contribution >= 4 is 28.9 Å². The Morgan fingerprint density at radius 1 is 1.48 bits per heavy atom. The van der Waals surface area contributed by atoms with Gasteiger partial charge in [-0.2, -0.15) is 0 Å². The van der Waals surface area contributed by atoms with E-state index in [1.54, 1.807) is 0 Å². The summed E-state index contributed by atoms with van der Waals surface area (Å²) in [5.41, 5.74) is 1.20. The molecule has 1 aromatic carbocycles. The first-order valence-corrected chi connectivity index (χ1v) is 6.58. The van der Waals surface area contributed by atoms with Gasteiger partial charge in [-0.05, 0) is 24.5 Å². The lowest BCUT2D eigenvalue weighted by molar-refractivity contribution is -0.384. The second-order valence-electron chi connectivity index (χ2n) is 5.17. The van der Waals surface area contributed by atoms with Crippen molar-refractivity contribution in [3.63, 3.8) is 0 Å². The van der Waals surface area contributed by atoms with Gasteiger partial charge in [0.1, 0.15) is 11.7 Å². The first-order chi connectivity index (χ1) is 9.97. The van der Waals surface area contributed by atoms with E-state index in [1.807, 2.05) is 0 Å². The smallest absolute Gasteiger partial charge is 0.326 e. The Morgan fingerprint density at radius 3 is 2.90 bits per heavy atom. The fourth-order valence-corrected chi connectivity index (χ4v) is 2.94. The van der Waals surface area contributed by atoms with Crippen molar-refractivity contribution in [3.8, 4) is 0 Å². The molecule has 0 aromatic heterocycles. The summed E-state index contributed by atoms with van der Waals surface area (Å²) in [5, 5.41) is 23.1. The van der Waals surface area contributed by atoms with Crippen LogP contribution in [-0.4, -0.2) is 34.5 Å². The summed E-state index contributed by atoms with van der Waals surface area (Å²) < 4.78 is 0. The van der Waals surface area contributed by atoms with Crippen LogP contribution in [0.1, 0.15) is 18.4 Å². The van der Waals surface area contributed by atoms with E-state index >= 15 is 0 Å². The monoisotopic (exact) mass is 291 g/mol. The first kappa shape index (κ1) is 13.3. The van der Waals surface area contributed by atoms with Gasteiger partial charge in [-0.15, -0.1) is 0 Å². The maximum atomic E-state index is 11.4. The molecule has 1 atom stereocenters. The average Bonchev–Trinajstić information content (AvgIpc) is 3.00. The number of nitro groups is 1. The van der Waals surface area contributed by atoms with E-state index in [9.17, 15) is 24.8 Å². The van der Waals surface area contributed by atoms with Gasteiger partial charge >= 0.3 is 5.97 Å². The SMILES string of the molecule is O=C1Cc2cc([N+](=O)[O-])c(N3CCCC3C(=O)O)cc2N1.